The van der Waals surface area contributed by atoms with E-state index in [2.05, 4.69) is 5.32 Å². The summed E-state index contributed by atoms with van der Waals surface area (Å²) in [7, 11) is 0. The number of piperidine rings is 2. The predicted molar refractivity (Wildman–Crippen MR) is 117 cm³/mol. The minimum absolute atomic E-state index is 0.0359. The molecule has 0 saturated carbocycles. The topological polar surface area (TPSA) is 96.0 Å². The molecule has 0 bridgehead atoms. The number of nitrogens with zero attached hydrogens (tertiary/aromatic N) is 2. The van der Waals surface area contributed by atoms with Gasteiger partial charge in [0.05, 0.1) is 0 Å². The van der Waals surface area contributed by atoms with Crippen LogP contribution in [0.4, 0.5) is 4.79 Å². The molecular formula is C23H28ClN3O5. The van der Waals surface area contributed by atoms with Crippen molar-refractivity contribution in [1.82, 2.24) is 15.1 Å². The van der Waals surface area contributed by atoms with E-state index >= 15 is 0 Å². The normalized spacial score (nSPS) is 23.8. The maximum Gasteiger partial charge on any atom is 0.410 e. The molecule has 0 aromatic heterocycles. The number of fused-ring (bicyclic) bond motifs is 1. The second-order valence-electron chi connectivity index (χ2n) is 9.66. The Morgan fingerprint density at radius 1 is 1.19 bits per heavy atom. The first kappa shape index (κ1) is 22.6. The molecule has 1 aromatic rings. The lowest BCUT2D eigenvalue weighted by Crippen LogP contribution is -2.52. The standard InChI is InChI=1S/C23H28ClN3O5/c1-23(2,3)32-22(31)26-10-4-5-13(11-26)14-6-7-15-16(19(14)24)12-27(21(15)30)17-8-9-18(28)25-20(17)29/h6-7,13,17H,4-5,8-12H2,1-3H3,(H,25,28,29). The number of carbonyl (C=O) groups excluding carboxylic acids is 4. The summed E-state index contributed by atoms with van der Waals surface area (Å²) in [5.74, 6) is -0.975. The van der Waals surface area contributed by atoms with Crippen LogP contribution < -0.4 is 5.32 Å². The minimum atomic E-state index is -0.676. The van der Waals surface area contributed by atoms with Gasteiger partial charge in [0.1, 0.15) is 11.6 Å². The second-order valence-corrected chi connectivity index (χ2v) is 10.0. The molecule has 0 aliphatic carbocycles. The van der Waals surface area contributed by atoms with Gasteiger partial charge in [-0.2, -0.15) is 0 Å². The molecule has 3 aliphatic heterocycles. The Bertz CT molecular complexity index is 987. The van der Waals surface area contributed by atoms with E-state index in [1.165, 1.54) is 4.90 Å². The van der Waals surface area contributed by atoms with Crippen LogP contribution in [-0.4, -0.2) is 58.3 Å². The smallest absolute Gasteiger partial charge is 0.410 e. The Morgan fingerprint density at radius 2 is 1.94 bits per heavy atom. The van der Waals surface area contributed by atoms with E-state index in [9.17, 15) is 19.2 Å². The van der Waals surface area contributed by atoms with E-state index in [1.54, 1.807) is 11.0 Å². The maximum atomic E-state index is 13.0. The van der Waals surface area contributed by atoms with E-state index in [0.29, 0.717) is 35.7 Å². The number of halogens is 1. The van der Waals surface area contributed by atoms with Crippen LogP contribution in [0.2, 0.25) is 5.02 Å². The lowest BCUT2D eigenvalue weighted by molar-refractivity contribution is -0.136. The Morgan fingerprint density at radius 3 is 2.62 bits per heavy atom. The summed E-state index contributed by atoms with van der Waals surface area (Å²) >= 11 is 6.78. The fourth-order valence-electron chi connectivity index (χ4n) is 4.66. The van der Waals surface area contributed by atoms with E-state index in [4.69, 9.17) is 16.3 Å². The molecule has 8 nitrogen and oxygen atoms in total. The lowest BCUT2D eigenvalue weighted by atomic mass is 9.89. The van der Waals surface area contributed by atoms with Gasteiger partial charge in [0.25, 0.3) is 5.91 Å². The molecule has 4 amide bonds. The van der Waals surface area contributed by atoms with Gasteiger partial charge in [-0.3, -0.25) is 19.7 Å². The third kappa shape index (κ3) is 4.33. The SMILES string of the molecule is CC(C)(C)OC(=O)N1CCCC(c2ccc3c(c2Cl)CN(C2CCC(=O)NC2=O)C3=O)C1. The highest BCUT2D eigenvalue weighted by Gasteiger charge is 2.41. The van der Waals surface area contributed by atoms with E-state index in [0.717, 1.165) is 18.4 Å². The number of hydrogen-bond donors (Lipinski definition) is 1. The number of likely N-dealkylation sites (tertiary alicyclic amines) is 1. The molecule has 2 saturated heterocycles. The van der Waals surface area contributed by atoms with Crippen molar-refractivity contribution in [3.05, 3.63) is 33.8 Å². The molecule has 2 unspecified atom stereocenters. The zero-order valence-electron chi connectivity index (χ0n) is 18.6. The summed E-state index contributed by atoms with van der Waals surface area (Å²) in [6.45, 7) is 6.89. The van der Waals surface area contributed by atoms with Gasteiger partial charge in [0, 0.05) is 48.1 Å². The molecule has 0 radical (unpaired) electrons. The van der Waals surface area contributed by atoms with Crippen molar-refractivity contribution in [2.75, 3.05) is 13.1 Å². The first-order chi connectivity index (χ1) is 15.0. The van der Waals surface area contributed by atoms with Crippen molar-refractivity contribution in [3.63, 3.8) is 0 Å². The molecule has 1 aromatic carbocycles. The fourth-order valence-corrected chi connectivity index (χ4v) is 5.04. The number of ether oxygens (including phenoxy) is 1. The van der Waals surface area contributed by atoms with Gasteiger partial charge in [-0.05, 0) is 51.7 Å². The Balaban J connectivity index is 1.53. The van der Waals surface area contributed by atoms with E-state index in [1.807, 2.05) is 26.8 Å². The third-order valence-electron chi connectivity index (χ3n) is 6.19. The number of hydrogen-bond acceptors (Lipinski definition) is 5. The Kier molecular flexibility index (Phi) is 5.92. The van der Waals surface area contributed by atoms with Crippen molar-refractivity contribution in [3.8, 4) is 0 Å². The first-order valence-electron chi connectivity index (χ1n) is 11.0. The quantitative estimate of drug-likeness (QED) is 0.682. The van der Waals surface area contributed by atoms with Crippen LogP contribution in [0.25, 0.3) is 0 Å². The van der Waals surface area contributed by atoms with Gasteiger partial charge in [-0.1, -0.05) is 17.7 Å². The van der Waals surface area contributed by atoms with Crippen LogP contribution in [0.5, 0.6) is 0 Å². The number of benzene rings is 1. The van der Waals surface area contributed by atoms with Crippen LogP contribution in [0.1, 0.15) is 73.9 Å². The highest BCUT2D eigenvalue weighted by molar-refractivity contribution is 6.33. The van der Waals surface area contributed by atoms with Gasteiger partial charge in [-0.25, -0.2) is 4.79 Å². The van der Waals surface area contributed by atoms with Crippen molar-refractivity contribution >= 4 is 35.4 Å². The molecule has 2 atom stereocenters. The largest absolute Gasteiger partial charge is 0.444 e. The molecule has 0 spiro atoms. The van der Waals surface area contributed by atoms with Gasteiger partial charge in [0.2, 0.25) is 11.8 Å². The van der Waals surface area contributed by atoms with Gasteiger partial charge in [0.15, 0.2) is 0 Å². The highest BCUT2D eigenvalue weighted by Crippen LogP contribution is 2.39. The van der Waals surface area contributed by atoms with Crippen LogP contribution in [0.3, 0.4) is 0 Å². The molecule has 2 fully saturated rings. The van der Waals surface area contributed by atoms with Crippen molar-refractivity contribution in [1.29, 1.82) is 0 Å². The number of amides is 4. The monoisotopic (exact) mass is 461 g/mol. The number of rotatable bonds is 2. The summed E-state index contributed by atoms with van der Waals surface area (Å²) in [5, 5.41) is 2.82. The van der Waals surface area contributed by atoms with Crippen LogP contribution in [0, 0.1) is 0 Å². The van der Waals surface area contributed by atoms with Crippen LogP contribution in [-0.2, 0) is 20.9 Å². The van der Waals surface area contributed by atoms with E-state index in [-0.39, 0.29) is 36.8 Å². The molecule has 172 valence electrons. The zero-order valence-corrected chi connectivity index (χ0v) is 19.3. The van der Waals surface area contributed by atoms with Crippen LogP contribution in [0.15, 0.2) is 12.1 Å². The zero-order chi connectivity index (χ0) is 23.2. The van der Waals surface area contributed by atoms with Crippen molar-refractivity contribution in [2.24, 2.45) is 0 Å². The third-order valence-corrected chi connectivity index (χ3v) is 6.64. The molecule has 32 heavy (non-hydrogen) atoms. The number of nitrogens with one attached hydrogen (secondary N) is 1. The summed E-state index contributed by atoms with van der Waals surface area (Å²) < 4.78 is 5.52. The van der Waals surface area contributed by atoms with Crippen molar-refractivity contribution in [2.45, 2.75) is 70.6 Å². The average molecular weight is 462 g/mol. The summed E-state index contributed by atoms with van der Waals surface area (Å²) in [6.07, 6.45) is 1.89. The second kappa shape index (κ2) is 8.39. The molecule has 3 heterocycles. The lowest BCUT2D eigenvalue weighted by Gasteiger charge is -2.34. The minimum Gasteiger partial charge on any atom is -0.444 e. The van der Waals surface area contributed by atoms with E-state index < -0.39 is 17.6 Å². The van der Waals surface area contributed by atoms with Crippen molar-refractivity contribution < 1.29 is 23.9 Å². The predicted octanol–water partition coefficient (Wildman–Crippen LogP) is 3.22. The summed E-state index contributed by atoms with van der Waals surface area (Å²) in [4.78, 5) is 52.5. The average Bonchev–Trinajstić information content (AvgIpc) is 3.04. The van der Waals surface area contributed by atoms with Gasteiger partial charge in [-0.15, -0.1) is 0 Å². The van der Waals surface area contributed by atoms with Crippen LogP contribution >= 0.6 is 11.6 Å². The fraction of sp³-hybridized carbons (Fsp3) is 0.565. The Labute approximate surface area is 192 Å². The summed E-state index contributed by atoms with van der Waals surface area (Å²) in [6, 6.07) is 2.94. The molecule has 1 N–H and O–H groups in total. The first-order valence-corrected chi connectivity index (χ1v) is 11.4. The molecule has 3 aliphatic rings. The number of imide groups is 1. The Hall–Kier alpha value is -2.61. The molecule has 9 heteroatoms. The molecule has 4 rings (SSSR count). The summed E-state index contributed by atoms with van der Waals surface area (Å²) in [5.41, 5.74) is 1.53. The van der Waals surface area contributed by atoms with Gasteiger partial charge < -0.3 is 14.5 Å². The maximum absolute atomic E-state index is 13.0. The van der Waals surface area contributed by atoms with Gasteiger partial charge >= 0.3 is 6.09 Å². The molecular weight excluding hydrogens is 434 g/mol. The highest BCUT2D eigenvalue weighted by atomic mass is 35.5. The number of carbonyl (C=O) groups is 4.